The maximum atomic E-state index is 12.8. The number of carbonyl (C=O) groups excluding carboxylic acids is 1. The highest BCUT2D eigenvalue weighted by Gasteiger charge is 2.27. The van der Waals surface area contributed by atoms with E-state index in [9.17, 15) is 4.79 Å². The molecule has 0 bridgehead atoms. The van der Waals surface area contributed by atoms with Gasteiger partial charge in [0.25, 0.3) is 0 Å². The van der Waals surface area contributed by atoms with Gasteiger partial charge in [-0.2, -0.15) is 0 Å². The average molecular weight is 473 g/mol. The molecule has 4 aromatic rings. The Morgan fingerprint density at radius 1 is 0.788 bits per heavy atom. The minimum absolute atomic E-state index is 0.145. The summed E-state index contributed by atoms with van der Waals surface area (Å²) < 4.78 is 11.7. The van der Waals surface area contributed by atoms with Gasteiger partial charge in [-0.1, -0.05) is 83.9 Å². The minimum atomic E-state index is -0.145. The molecule has 5 heteroatoms. The lowest BCUT2D eigenvalue weighted by molar-refractivity contribution is 0.101. The van der Waals surface area contributed by atoms with Gasteiger partial charge in [-0.05, 0) is 52.6 Å². The van der Waals surface area contributed by atoms with Crippen molar-refractivity contribution in [2.75, 3.05) is 0 Å². The van der Waals surface area contributed by atoms with Gasteiger partial charge in [0, 0.05) is 6.07 Å². The molecule has 1 aliphatic heterocycles. The molecule has 0 aromatic heterocycles. The average Bonchev–Trinajstić information content (AvgIpc) is 3.15. The van der Waals surface area contributed by atoms with E-state index in [4.69, 9.17) is 32.7 Å². The van der Waals surface area contributed by atoms with Crippen molar-refractivity contribution in [2.45, 2.75) is 6.61 Å². The smallest absolute Gasteiger partial charge is 0.231 e. The summed E-state index contributed by atoms with van der Waals surface area (Å²) in [6.07, 6.45) is 1.76. The fourth-order valence-corrected chi connectivity index (χ4v) is 3.93. The van der Waals surface area contributed by atoms with Crippen LogP contribution in [-0.4, -0.2) is 5.78 Å². The fraction of sp³-hybridized carbons (Fsp3) is 0.0357. The van der Waals surface area contributed by atoms with Gasteiger partial charge in [0.15, 0.2) is 5.76 Å². The molecule has 3 nitrogen and oxygen atoms in total. The van der Waals surface area contributed by atoms with Crippen molar-refractivity contribution in [1.29, 1.82) is 0 Å². The second kappa shape index (κ2) is 9.14. The third-order valence-corrected chi connectivity index (χ3v) is 6.09. The molecule has 0 saturated heterocycles. The largest absolute Gasteiger partial charge is 0.489 e. The Kier molecular flexibility index (Phi) is 5.91. The van der Waals surface area contributed by atoms with Crippen LogP contribution < -0.4 is 9.47 Å². The Morgan fingerprint density at radius 2 is 1.55 bits per heavy atom. The monoisotopic (exact) mass is 472 g/mol. The summed E-state index contributed by atoms with van der Waals surface area (Å²) >= 11 is 12.0. The Balaban J connectivity index is 1.30. The molecular formula is C28H18Cl2O3. The maximum absolute atomic E-state index is 12.8. The van der Waals surface area contributed by atoms with Crippen molar-refractivity contribution >= 4 is 35.1 Å². The summed E-state index contributed by atoms with van der Waals surface area (Å²) in [7, 11) is 0. The first-order valence-electron chi connectivity index (χ1n) is 10.4. The molecule has 0 spiro atoms. The first-order valence-corrected chi connectivity index (χ1v) is 11.1. The lowest BCUT2D eigenvalue weighted by Gasteiger charge is -2.08. The first kappa shape index (κ1) is 21.3. The zero-order chi connectivity index (χ0) is 22.8. The summed E-state index contributed by atoms with van der Waals surface area (Å²) in [5.74, 6) is 1.23. The number of fused-ring (bicyclic) bond motifs is 1. The predicted octanol–water partition coefficient (Wildman–Crippen LogP) is 7.86. The number of ketones is 1. The molecule has 0 radical (unpaired) electrons. The van der Waals surface area contributed by atoms with E-state index in [1.165, 1.54) is 0 Å². The molecule has 162 valence electrons. The van der Waals surface area contributed by atoms with E-state index in [0.29, 0.717) is 39.5 Å². The highest BCUT2D eigenvalue weighted by molar-refractivity contribution is 6.42. The van der Waals surface area contributed by atoms with Gasteiger partial charge < -0.3 is 9.47 Å². The molecule has 5 rings (SSSR count). The molecule has 1 aliphatic rings. The Hall–Kier alpha value is -3.53. The van der Waals surface area contributed by atoms with Crippen LogP contribution in [0.2, 0.25) is 10.0 Å². The molecule has 0 aliphatic carbocycles. The van der Waals surface area contributed by atoms with Gasteiger partial charge in [-0.25, -0.2) is 0 Å². The second-order valence-electron chi connectivity index (χ2n) is 7.62. The van der Waals surface area contributed by atoms with Gasteiger partial charge in [-0.3, -0.25) is 4.79 Å². The number of rotatable bonds is 5. The van der Waals surface area contributed by atoms with E-state index in [1.807, 2.05) is 48.5 Å². The standard InChI is InChI=1S/C28H18Cl2O3/c29-24-13-8-19(14-25(24)30)17-32-22-11-12-23-26(16-22)33-27(28(23)31)15-18-6-9-21(10-7-18)20-4-2-1-3-5-20/h1-16H,17H2. The first-order chi connectivity index (χ1) is 16.1. The topological polar surface area (TPSA) is 35.5 Å². The molecule has 0 unspecified atom stereocenters. The van der Waals surface area contributed by atoms with E-state index >= 15 is 0 Å². The third kappa shape index (κ3) is 4.65. The fourth-order valence-electron chi connectivity index (χ4n) is 3.61. The quantitative estimate of drug-likeness (QED) is 0.277. The zero-order valence-corrected chi connectivity index (χ0v) is 18.9. The van der Waals surface area contributed by atoms with Gasteiger partial charge >= 0.3 is 0 Å². The van der Waals surface area contributed by atoms with Crippen LogP contribution in [0.1, 0.15) is 21.5 Å². The van der Waals surface area contributed by atoms with Crippen molar-refractivity contribution in [3.8, 4) is 22.6 Å². The number of halogens is 2. The van der Waals surface area contributed by atoms with E-state index in [1.54, 1.807) is 36.4 Å². The predicted molar refractivity (Wildman–Crippen MR) is 132 cm³/mol. The van der Waals surface area contributed by atoms with Crippen LogP contribution in [0.3, 0.4) is 0 Å². The summed E-state index contributed by atoms with van der Waals surface area (Å²) in [5.41, 5.74) is 4.56. The lowest BCUT2D eigenvalue weighted by Crippen LogP contribution is -1.98. The number of hydrogen-bond donors (Lipinski definition) is 0. The van der Waals surface area contributed by atoms with Crippen molar-refractivity contribution in [3.63, 3.8) is 0 Å². The van der Waals surface area contributed by atoms with E-state index < -0.39 is 0 Å². The van der Waals surface area contributed by atoms with Crippen molar-refractivity contribution in [3.05, 3.63) is 123 Å². The third-order valence-electron chi connectivity index (χ3n) is 5.35. The normalized spacial score (nSPS) is 13.6. The highest BCUT2D eigenvalue weighted by atomic mass is 35.5. The van der Waals surface area contributed by atoms with E-state index in [-0.39, 0.29) is 5.78 Å². The van der Waals surface area contributed by atoms with Crippen LogP contribution in [0.5, 0.6) is 11.5 Å². The molecule has 0 N–H and O–H groups in total. The summed E-state index contributed by atoms with van der Waals surface area (Å²) in [5, 5.41) is 0.978. The molecule has 4 aromatic carbocycles. The van der Waals surface area contributed by atoms with E-state index in [0.717, 1.165) is 22.3 Å². The number of hydrogen-bond acceptors (Lipinski definition) is 3. The molecule has 0 saturated carbocycles. The molecule has 0 fully saturated rings. The van der Waals surface area contributed by atoms with Crippen LogP contribution >= 0.6 is 23.2 Å². The summed E-state index contributed by atoms with van der Waals surface area (Å²) in [4.78, 5) is 12.8. The molecule has 33 heavy (non-hydrogen) atoms. The van der Waals surface area contributed by atoms with E-state index in [2.05, 4.69) is 12.1 Å². The molecular weight excluding hydrogens is 455 g/mol. The van der Waals surface area contributed by atoms with Crippen molar-refractivity contribution < 1.29 is 14.3 Å². The maximum Gasteiger partial charge on any atom is 0.231 e. The lowest BCUT2D eigenvalue weighted by atomic mass is 10.0. The van der Waals surface area contributed by atoms with Gasteiger partial charge in [0.05, 0.1) is 15.6 Å². The summed E-state index contributed by atoms with van der Waals surface area (Å²) in [6.45, 7) is 0.320. The van der Waals surface area contributed by atoms with Gasteiger partial charge in [-0.15, -0.1) is 0 Å². The Morgan fingerprint density at radius 3 is 2.30 bits per heavy atom. The zero-order valence-electron chi connectivity index (χ0n) is 17.4. The number of benzene rings is 4. The molecule has 0 amide bonds. The number of allylic oxidation sites excluding steroid dienone is 1. The number of carbonyl (C=O) groups is 1. The van der Waals surface area contributed by atoms with Crippen LogP contribution in [0.25, 0.3) is 17.2 Å². The van der Waals surface area contributed by atoms with Crippen LogP contribution in [0, 0.1) is 0 Å². The highest BCUT2D eigenvalue weighted by Crippen LogP contribution is 2.35. The second-order valence-corrected chi connectivity index (χ2v) is 8.44. The van der Waals surface area contributed by atoms with Crippen molar-refractivity contribution in [1.82, 2.24) is 0 Å². The van der Waals surface area contributed by atoms with Crippen LogP contribution in [-0.2, 0) is 6.61 Å². The van der Waals surface area contributed by atoms with Crippen LogP contribution in [0.4, 0.5) is 0 Å². The van der Waals surface area contributed by atoms with Gasteiger partial charge in [0.1, 0.15) is 18.1 Å². The Labute approximate surface area is 201 Å². The van der Waals surface area contributed by atoms with Crippen LogP contribution in [0.15, 0.2) is 96.8 Å². The van der Waals surface area contributed by atoms with Crippen molar-refractivity contribution in [2.24, 2.45) is 0 Å². The molecule has 1 heterocycles. The SMILES string of the molecule is O=C1C(=Cc2ccc(-c3ccccc3)cc2)Oc2cc(OCc3ccc(Cl)c(Cl)c3)ccc21. The number of Topliss-reactive ketones (excluding diaryl/α,β-unsaturated/α-hetero) is 1. The number of ether oxygens (including phenoxy) is 2. The minimum Gasteiger partial charge on any atom is -0.489 e. The molecule has 0 atom stereocenters. The Bertz CT molecular complexity index is 1360. The van der Waals surface area contributed by atoms with Gasteiger partial charge in [0.2, 0.25) is 5.78 Å². The summed E-state index contributed by atoms with van der Waals surface area (Å²) in [6, 6.07) is 28.7.